The molecule has 22 heavy (non-hydrogen) atoms. The summed E-state index contributed by atoms with van der Waals surface area (Å²) in [5.74, 6) is 1.30. The molecule has 0 aliphatic heterocycles. The monoisotopic (exact) mass is 313 g/mol. The van der Waals surface area contributed by atoms with Crippen LogP contribution in [0.25, 0.3) is 0 Å². The lowest BCUT2D eigenvalue weighted by Gasteiger charge is -2.16. The van der Waals surface area contributed by atoms with Crippen molar-refractivity contribution < 1.29 is 4.79 Å². The van der Waals surface area contributed by atoms with Crippen molar-refractivity contribution in [2.75, 3.05) is 5.32 Å². The summed E-state index contributed by atoms with van der Waals surface area (Å²) in [7, 11) is 0. The number of rotatable bonds is 6. The van der Waals surface area contributed by atoms with Crippen LogP contribution in [0.3, 0.4) is 0 Å². The molecule has 0 radical (unpaired) electrons. The molecule has 2 rings (SSSR count). The molecule has 0 fully saturated rings. The number of benzene rings is 2. The van der Waals surface area contributed by atoms with Crippen molar-refractivity contribution >= 4 is 23.4 Å². The Labute approximate surface area is 137 Å². The van der Waals surface area contributed by atoms with Crippen molar-refractivity contribution in [2.45, 2.75) is 37.7 Å². The van der Waals surface area contributed by atoms with Gasteiger partial charge in [0.25, 0.3) is 0 Å². The molecule has 1 amide bonds. The molecular weight excluding hydrogens is 290 g/mol. The van der Waals surface area contributed by atoms with Crippen LogP contribution in [0.15, 0.2) is 54.6 Å². The van der Waals surface area contributed by atoms with E-state index in [1.54, 1.807) is 11.8 Å². The number of hydrogen-bond donors (Lipinski definition) is 1. The summed E-state index contributed by atoms with van der Waals surface area (Å²) >= 11 is 1.66. The first kappa shape index (κ1) is 16.6. The molecule has 1 atom stereocenters. The number of thioether (sulfide) groups is 1. The number of hydrogen-bond acceptors (Lipinski definition) is 2. The van der Waals surface area contributed by atoms with Gasteiger partial charge in [0.2, 0.25) is 5.91 Å². The summed E-state index contributed by atoms with van der Waals surface area (Å²) in [6, 6.07) is 18.3. The van der Waals surface area contributed by atoms with Crippen LogP contribution < -0.4 is 5.32 Å². The third-order valence-corrected chi connectivity index (χ3v) is 4.77. The highest BCUT2D eigenvalue weighted by molar-refractivity contribution is 7.99. The SMILES string of the molecule is CC(SCc1ccccc1)C(=O)Nc1ccccc1C(C)C. The van der Waals surface area contributed by atoms with Crippen LogP contribution in [0.1, 0.15) is 37.8 Å². The zero-order chi connectivity index (χ0) is 15.9. The molecule has 0 aliphatic carbocycles. The summed E-state index contributed by atoms with van der Waals surface area (Å²) in [5.41, 5.74) is 3.35. The highest BCUT2D eigenvalue weighted by Crippen LogP contribution is 2.25. The summed E-state index contributed by atoms with van der Waals surface area (Å²) in [5, 5.41) is 2.99. The Bertz CT molecular complexity index is 610. The molecule has 0 heterocycles. The summed E-state index contributed by atoms with van der Waals surface area (Å²) in [6.45, 7) is 6.23. The molecule has 116 valence electrons. The molecule has 0 bridgehead atoms. The maximum atomic E-state index is 12.4. The Balaban J connectivity index is 1.94. The second kappa shape index (κ2) is 8.04. The van der Waals surface area contributed by atoms with Crippen molar-refractivity contribution in [1.82, 2.24) is 0 Å². The average Bonchev–Trinajstić information content (AvgIpc) is 2.53. The van der Waals surface area contributed by atoms with E-state index in [4.69, 9.17) is 0 Å². The molecule has 3 heteroatoms. The minimum atomic E-state index is -0.0829. The molecule has 2 aromatic carbocycles. The third kappa shape index (κ3) is 4.63. The smallest absolute Gasteiger partial charge is 0.237 e. The number of amides is 1. The first-order valence-electron chi connectivity index (χ1n) is 7.63. The highest BCUT2D eigenvalue weighted by Gasteiger charge is 2.15. The molecule has 1 unspecified atom stereocenters. The van der Waals surface area contributed by atoms with Crippen molar-refractivity contribution in [3.63, 3.8) is 0 Å². The van der Waals surface area contributed by atoms with Gasteiger partial charge in [-0.1, -0.05) is 62.4 Å². The van der Waals surface area contributed by atoms with Crippen molar-refractivity contribution in [2.24, 2.45) is 0 Å². The van der Waals surface area contributed by atoms with Crippen LogP contribution in [0.4, 0.5) is 5.69 Å². The molecular formula is C19H23NOS. The minimum absolute atomic E-state index is 0.0639. The number of carbonyl (C=O) groups is 1. The van der Waals surface area contributed by atoms with Gasteiger partial charge in [-0.25, -0.2) is 0 Å². The molecule has 0 saturated carbocycles. The molecule has 0 spiro atoms. The Morgan fingerprint density at radius 1 is 1.00 bits per heavy atom. The van der Waals surface area contributed by atoms with Crippen LogP contribution in [0, 0.1) is 0 Å². The molecule has 0 aliphatic rings. The fourth-order valence-corrected chi connectivity index (χ4v) is 3.07. The quantitative estimate of drug-likeness (QED) is 0.806. The first-order valence-corrected chi connectivity index (χ1v) is 8.68. The van der Waals surface area contributed by atoms with E-state index in [1.807, 2.05) is 43.3 Å². The van der Waals surface area contributed by atoms with E-state index >= 15 is 0 Å². The van der Waals surface area contributed by atoms with Gasteiger partial charge in [-0.2, -0.15) is 0 Å². The third-order valence-electron chi connectivity index (χ3n) is 3.55. The van der Waals surface area contributed by atoms with E-state index in [1.165, 1.54) is 11.1 Å². The number of nitrogens with one attached hydrogen (secondary N) is 1. The maximum absolute atomic E-state index is 12.4. The van der Waals surface area contributed by atoms with Crippen LogP contribution in [0.2, 0.25) is 0 Å². The van der Waals surface area contributed by atoms with Crippen LogP contribution >= 0.6 is 11.8 Å². The summed E-state index contributed by atoms with van der Waals surface area (Å²) < 4.78 is 0. The van der Waals surface area contributed by atoms with E-state index in [0.29, 0.717) is 5.92 Å². The Hall–Kier alpha value is -1.74. The van der Waals surface area contributed by atoms with Crippen LogP contribution in [0.5, 0.6) is 0 Å². The molecule has 0 aromatic heterocycles. The fourth-order valence-electron chi connectivity index (χ4n) is 2.22. The predicted molar refractivity (Wildman–Crippen MR) is 96.4 cm³/mol. The molecule has 0 saturated heterocycles. The highest BCUT2D eigenvalue weighted by atomic mass is 32.2. The van der Waals surface area contributed by atoms with Gasteiger partial charge >= 0.3 is 0 Å². The van der Waals surface area contributed by atoms with Gasteiger partial charge in [-0.3, -0.25) is 4.79 Å². The summed E-state index contributed by atoms with van der Waals surface area (Å²) in [4.78, 5) is 12.4. The Morgan fingerprint density at radius 3 is 2.32 bits per heavy atom. The second-order valence-electron chi connectivity index (χ2n) is 5.67. The number of carbonyl (C=O) groups excluding carboxylic acids is 1. The van der Waals surface area contributed by atoms with Gasteiger partial charge < -0.3 is 5.32 Å². The van der Waals surface area contributed by atoms with Crippen LogP contribution in [-0.4, -0.2) is 11.2 Å². The normalized spacial score (nSPS) is 12.2. The molecule has 1 N–H and O–H groups in total. The zero-order valence-corrected chi connectivity index (χ0v) is 14.2. The van der Waals surface area contributed by atoms with Gasteiger partial charge in [-0.05, 0) is 30.0 Å². The zero-order valence-electron chi connectivity index (χ0n) is 13.4. The second-order valence-corrected chi connectivity index (χ2v) is 7.00. The Morgan fingerprint density at radius 2 is 1.64 bits per heavy atom. The van der Waals surface area contributed by atoms with Crippen molar-refractivity contribution in [3.05, 3.63) is 65.7 Å². The van der Waals surface area contributed by atoms with Gasteiger partial charge in [0.05, 0.1) is 5.25 Å². The lowest BCUT2D eigenvalue weighted by atomic mass is 10.0. The van der Waals surface area contributed by atoms with Gasteiger partial charge in [0.1, 0.15) is 0 Å². The van der Waals surface area contributed by atoms with Crippen molar-refractivity contribution in [1.29, 1.82) is 0 Å². The van der Waals surface area contributed by atoms with Gasteiger partial charge in [0.15, 0.2) is 0 Å². The fraction of sp³-hybridized carbons (Fsp3) is 0.316. The van der Waals surface area contributed by atoms with Gasteiger partial charge in [-0.15, -0.1) is 11.8 Å². The van der Waals surface area contributed by atoms with E-state index in [-0.39, 0.29) is 11.2 Å². The Kier molecular flexibility index (Phi) is 6.08. The predicted octanol–water partition coefficient (Wildman–Crippen LogP) is 5.07. The number of anilines is 1. The minimum Gasteiger partial charge on any atom is -0.325 e. The molecule has 2 nitrogen and oxygen atoms in total. The topological polar surface area (TPSA) is 29.1 Å². The van der Waals surface area contributed by atoms with E-state index in [0.717, 1.165) is 11.4 Å². The lowest BCUT2D eigenvalue weighted by molar-refractivity contribution is -0.115. The standard InChI is InChI=1S/C19H23NOS/c1-14(2)17-11-7-8-12-18(17)20-19(21)15(3)22-13-16-9-5-4-6-10-16/h4-12,14-15H,13H2,1-3H3,(H,20,21). The van der Waals surface area contributed by atoms with E-state index in [2.05, 4.69) is 37.4 Å². The van der Waals surface area contributed by atoms with Crippen LogP contribution in [-0.2, 0) is 10.5 Å². The average molecular weight is 313 g/mol. The first-order chi connectivity index (χ1) is 10.6. The lowest BCUT2D eigenvalue weighted by Crippen LogP contribution is -2.23. The van der Waals surface area contributed by atoms with Gasteiger partial charge in [0, 0.05) is 11.4 Å². The summed E-state index contributed by atoms with van der Waals surface area (Å²) in [6.07, 6.45) is 0. The molecule has 2 aromatic rings. The van der Waals surface area contributed by atoms with E-state index in [9.17, 15) is 4.79 Å². The van der Waals surface area contributed by atoms with E-state index < -0.39 is 0 Å². The maximum Gasteiger partial charge on any atom is 0.237 e. The van der Waals surface area contributed by atoms with Crippen molar-refractivity contribution in [3.8, 4) is 0 Å². The largest absolute Gasteiger partial charge is 0.325 e. The number of para-hydroxylation sites is 1.